The summed E-state index contributed by atoms with van der Waals surface area (Å²) >= 11 is 0. The topological polar surface area (TPSA) is 163 Å². The molecule has 0 fully saturated rings. The minimum Gasteiger partial charge on any atom is -0.480 e. The van der Waals surface area contributed by atoms with Gasteiger partial charge in [-0.2, -0.15) is 0 Å². The third-order valence-corrected chi connectivity index (χ3v) is 3.22. The van der Waals surface area contributed by atoms with Gasteiger partial charge in [-0.15, -0.1) is 0 Å². The summed E-state index contributed by atoms with van der Waals surface area (Å²) in [6.45, 7) is 10.4. The maximum absolute atomic E-state index is 12.4. The van der Waals surface area contributed by atoms with Crippen LogP contribution in [0.4, 0.5) is 9.59 Å². The van der Waals surface area contributed by atoms with Gasteiger partial charge in [-0.3, -0.25) is 19.3 Å². The van der Waals surface area contributed by atoms with E-state index in [4.69, 9.17) is 14.6 Å². The smallest absolute Gasteiger partial charge is 0.410 e. The highest BCUT2D eigenvalue weighted by Gasteiger charge is 2.25. The standard InChI is InChI=1S/C19H34N4O8/c1-12(15(27)21-10-14(25)26)22-13(24)11-23(17(29)31-19(5,6)7)9-8-20-16(28)30-18(2,3)4/h12H,8-11H2,1-7H3,(H,20,28)(H,21,27)(H,22,24)(H,25,26)/t12-/m0/s1. The Kier molecular flexibility index (Phi) is 10.8. The highest BCUT2D eigenvalue weighted by Crippen LogP contribution is 2.10. The first-order valence-electron chi connectivity index (χ1n) is 9.74. The Labute approximate surface area is 182 Å². The Bertz CT molecular complexity index is 667. The molecule has 0 aromatic carbocycles. The first kappa shape index (κ1) is 27.9. The number of aliphatic carboxylic acids is 1. The van der Waals surface area contributed by atoms with Crippen LogP contribution in [0.3, 0.4) is 0 Å². The highest BCUT2D eigenvalue weighted by molar-refractivity contribution is 5.90. The molecule has 0 saturated carbocycles. The Morgan fingerprint density at radius 1 is 0.935 bits per heavy atom. The fraction of sp³-hybridized carbons (Fsp3) is 0.737. The first-order chi connectivity index (χ1) is 14.0. The van der Waals surface area contributed by atoms with E-state index in [0.29, 0.717) is 0 Å². The monoisotopic (exact) mass is 446 g/mol. The summed E-state index contributed by atoms with van der Waals surface area (Å²) in [5.41, 5.74) is -1.50. The molecule has 0 unspecified atom stereocenters. The summed E-state index contributed by atoms with van der Waals surface area (Å²) in [6, 6.07) is -1.02. The molecular weight excluding hydrogens is 412 g/mol. The molecule has 4 amide bonds. The number of amides is 4. The third-order valence-electron chi connectivity index (χ3n) is 3.22. The molecule has 0 aromatic rings. The van der Waals surface area contributed by atoms with Crippen LogP contribution in [0.1, 0.15) is 48.5 Å². The summed E-state index contributed by atoms with van der Waals surface area (Å²) in [4.78, 5) is 59.9. The second-order valence-corrected chi connectivity index (χ2v) is 8.73. The molecule has 0 aliphatic carbocycles. The van der Waals surface area contributed by atoms with Gasteiger partial charge in [0.1, 0.15) is 30.3 Å². The van der Waals surface area contributed by atoms with Crippen LogP contribution in [0, 0.1) is 0 Å². The van der Waals surface area contributed by atoms with Crippen molar-refractivity contribution in [1.82, 2.24) is 20.9 Å². The van der Waals surface area contributed by atoms with Crippen LogP contribution in [0.2, 0.25) is 0 Å². The van der Waals surface area contributed by atoms with E-state index in [1.165, 1.54) is 6.92 Å². The maximum atomic E-state index is 12.4. The van der Waals surface area contributed by atoms with Gasteiger partial charge in [0.15, 0.2) is 0 Å². The van der Waals surface area contributed by atoms with E-state index < -0.39 is 60.3 Å². The zero-order valence-electron chi connectivity index (χ0n) is 19.2. The van der Waals surface area contributed by atoms with Crippen LogP contribution in [0.5, 0.6) is 0 Å². The maximum Gasteiger partial charge on any atom is 0.410 e. The quantitative estimate of drug-likeness (QED) is 0.397. The normalized spacial score (nSPS) is 12.2. The van der Waals surface area contributed by atoms with E-state index in [2.05, 4.69) is 16.0 Å². The van der Waals surface area contributed by atoms with Crippen LogP contribution < -0.4 is 16.0 Å². The Balaban J connectivity index is 4.91. The van der Waals surface area contributed by atoms with Crippen LogP contribution >= 0.6 is 0 Å². The fourth-order valence-electron chi connectivity index (χ4n) is 2.01. The van der Waals surface area contributed by atoms with E-state index in [1.807, 2.05) is 0 Å². The molecule has 178 valence electrons. The van der Waals surface area contributed by atoms with Gasteiger partial charge in [0.25, 0.3) is 0 Å². The lowest BCUT2D eigenvalue weighted by molar-refractivity contribution is -0.138. The number of alkyl carbamates (subject to hydrolysis) is 1. The van der Waals surface area contributed by atoms with Crippen LogP contribution in [-0.4, -0.2) is 83.4 Å². The Hall–Kier alpha value is -3.05. The van der Waals surface area contributed by atoms with Crippen LogP contribution in [0.15, 0.2) is 0 Å². The van der Waals surface area contributed by atoms with E-state index in [1.54, 1.807) is 41.5 Å². The average molecular weight is 447 g/mol. The fourth-order valence-corrected chi connectivity index (χ4v) is 2.01. The molecule has 0 radical (unpaired) electrons. The number of carbonyl (C=O) groups is 5. The van der Waals surface area contributed by atoms with Gasteiger partial charge in [-0.25, -0.2) is 9.59 Å². The lowest BCUT2D eigenvalue weighted by Crippen LogP contribution is -2.51. The van der Waals surface area contributed by atoms with Crippen molar-refractivity contribution in [3.05, 3.63) is 0 Å². The van der Waals surface area contributed by atoms with Gasteiger partial charge in [0, 0.05) is 13.1 Å². The van der Waals surface area contributed by atoms with Gasteiger partial charge >= 0.3 is 18.2 Å². The van der Waals surface area contributed by atoms with Gasteiger partial charge in [-0.1, -0.05) is 0 Å². The van der Waals surface area contributed by atoms with Crippen molar-refractivity contribution in [1.29, 1.82) is 0 Å². The van der Waals surface area contributed by atoms with Crippen molar-refractivity contribution in [2.24, 2.45) is 0 Å². The molecule has 0 aliphatic rings. The number of carbonyl (C=O) groups excluding carboxylic acids is 4. The van der Waals surface area contributed by atoms with Crippen molar-refractivity contribution in [3.8, 4) is 0 Å². The molecule has 0 saturated heterocycles. The number of nitrogens with zero attached hydrogens (tertiary/aromatic N) is 1. The summed E-state index contributed by atoms with van der Waals surface area (Å²) in [6.07, 6.45) is -1.46. The van der Waals surface area contributed by atoms with Crippen molar-refractivity contribution in [2.45, 2.75) is 65.7 Å². The molecule has 0 rings (SSSR count). The highest BCUT2D eigenvalue weighted by atomic mass is 16.6. The molecule has 4 N–H and O–H groups in total. The number of carboxylic acids is 1. The molecule has 0 spiro atoms. The van der Waals surface area contributed by atoms with E-state index in [9.17, 15) is 24.0 Å². The van der Waals surface area contributed by atoms with Gasteiger partial charge in [0.05, 0.1) is 0 Å². The average Bonchev–Trinajstić information content (AvgIpc) is 2.55. The molecule has 1 atom stereocenters. The number of carboxylic acid groups (broad SMARTS) is 1. The summed E-state index contributed by atoms with van der Waals surface area (Å²) in [7, 11) is 0. The Morgan fingerprint density at radius 2 is 1.48 bits per heavy atom. The minimum atomic E-state index is -1.22. The Morgan fingerprint density at radius 3 is 1.97 bits per heavy atom. The molecule has 31 heavy (non-hydrogen) atoms. The van der Waals surface area contributed by atoms with Crippen molar-refractivity contribution in [3.63, 3.8) is 0 Å². The lowest BCUT2D eigenvalue weighted by atomic mass is 10.2. The minimum absolute atomic E-state index is 0.00388. The number of ether oxygens (including phenoxy) is 2. The van der Waals surface area contributed by atoms with Gasteiger partial charge < -0.3 is 30.5 Å². The van der Waals surface area contributed by atoms with Crippen molar-refractivity contribution >= 4 is 30.0 Å². The number of hydrogen-bond acceptors (Lipinski definition) is 7. The largest absolute Gasteiger partial charge is 0.480 e. The third kappa shape index (κ3) is 14.6. The zero-order valence-corrected chi connectivity index (χ0v) is 19.2. The number of nitrogens with one attached hydrogen (secondary N) is 3. The molecule has 12 nitrogen and oxygen atoms in total. The molecule has 0 aromatic heterocycles. The molecule has 0 aliphatic heterocycles. The molecular formula is C19H34N4O8. The van der Waals surface area contributed by atoms with Crippen molar-refractivity contribution < 1.29 is 38.6 Å². The number of rotatable bonds is 9. The van der Waals surface area contributed by atoms with Crippen molar-refractivity contribution in [2.75, 3.05) is 26.2 Å². The van der Waals surface area contributed by atoms with Crippen LogP contribution in [-0.2, 0) is 23.9 Å². The lowest BCUT2D eigenvalue weighted by Gasteiger charge is -2.27. The van der Waals surface area contributed by atoms with E-state index in [-0.39, 0.29) is 13.1 Å². The van der Waals surface area contributed by atoms with Gasteiger partial charge in [-0.05, 0) is 48.5 Å². The predicted octanol–water partition coefficient (Wildman–Crippen LogP) is 0.454. The van der Waals surface area contributed by atoms with E-state index in [0.717, 1.165) is 4.90 Å². The molecule has 0 bridgehead atoms. The second-order valence-electron chi connectivity index (χ2n) is 8.73. The molecule has 0 heterocycles. The van der Waals surface area contributed by atoms with Crippen LogP contribution in [0.25, 0.3) is 0 Å². The van der Waals surface area contributed by atoms with E-state index >= 15 is 0 Å². The summed E-state index contributed by atoms with van der Waals surface area (Å²) in [5, 5.41) is 15.6. The van der Waals surface area contributed by atoms with Gasteiger partial charge in [0.2, 0.25) is 11.8 Å². The summed E-state index contributed by atoms with van der Waals surface area (Å²) < 4.78 is 10.4. The first-order valence-corrected chi connectivity index (χ1v) is 9.74. The molecule has 12 heteroatoms. The summed E-state index contributed by atoms with van der Waals surface area (Å²) in [5.74, 6) is -2.58. The zero-order chi connectivity index (χ0) is 24.4. The number of hydrogen-bond donors (Lipinski definition) is 4. The second kappa shape index (κ2) is 12.0. The SMILES string of the molecule is C[C@H](NC(=O)CN(CCNC(=O)OC(C)(C)C)C(=O)OC(C)(C)C)C(=O)NCC(=O)O. The predicted molar refractivity (Wildman–Crippen MR) is 110 cm³/mol.